The van der Waals surface area contributed by atoms with E-state index in [1.807, 2.05) is 0 Å². The van der Waals surface area contributed by atoms with Crippen molar-refractivity contribution in [3.05, 3.63) is 48.7 Å². The Balaban J connectivity index is 0.000000196. The minimum absolute atomic E-state index is 0.000170. The maximum Gasteiger partial charge on any atom is 0.287 e. The highest BCUT2D eigenvalue weighted by Crippen LogP contribution is 2.29. The molecule has 0 unspecified atom stereocenters. The number of anilines is 1. The van der Waals surface area contributed by atoms with Crippen molar-refractivity contribution >= 4 is 21.6 Å². The number of aromatic nitrogens is 4. The first-order valence-electron chi connectivity index (χ1n) is 6.53. The van der Waals surface area contributed by atoms with Gasteiger partial charge in [0.25, 0.3) is 17.0 Å². The lowest BCUT2D eigenvalue weighted by Crippen LogP contribution is -2.57. The highest BCUT2D eigenvalue weighted by Gasteiger charge is 2.44. The number of H-pyrrole nitrogens is 2. The summed E-state index contributed by atoms with van der Waals surface area (Å²) >= 11 is 2.95. The summed E-state index contributed by atoms with van der Waals surface area (Å²) in [5.41, 5.74) is -0.651. The van der Waals surface area contributed by atoms with Crippen LogP contribution in [0.25, 0.3) is 0 Å². The normalized spacial score (nSPS) is 14.4. The van der Waals surface area contributed by atoms with Gasteiger partial charge >= 0.3 is 0 Å². The van der Waals surface area contributed by atoms with Gasteiger partial charge < -0.3 is 4.90 Å². The Morgan fingerprint density at radius 1 is 1.08 bits per heavy atom. The number of nitriles is 2. The second-order valence-electron chi connectivity index (χ2n) is 4.83. The van der Waals surface area contributed by atoms with Crippen LogP contribution in [-0.4, -0.2) is 39.4 Å². The average Bonchev–Trinajstić information content (AvgIpc) is 2.56. The lowest BCUT2D eigenvalue weighted by Gasteiger charge is -2.39. The lowest BCUT2D eigenvalue weighted by atomic mass is 10.1. The number of hydrogen-bond donors (Lipinski definition) is 2. The van der Waals surface area contributed by atoms with Crippen molar-refractivity contribution in [2.45, 2.75) is 5.92 Å². The summed E-state index contributed by atoms with van der Waals surface area (Å²) in [7, 11) is 0. The Morgan fingerprint density at radius 2 is 1.60 bits per heavy atom. The van der Waals surface area contributed by atoms with Gasteiger partial charge in [-0.1, -0.05) is 0 Å². The predicted octanol–water partition coefficient (Wildman–Crippen LogP) is 0.501. The van der Waals surface area contributed by atoms with E-state index in [4.69, 9.17) is 10.5 Å². The van der Waals surface area contributed by atoms with Gasteiger partial charge in [0.05, 0.1) is 17.6 Å². The van der Waals surface area contributed by atoms with Gasteiger partial charge in [-0.05, 0) is 22.0 Å². The first-order valence-corrected chi connectivity index (χ1v) is 7.33. The van der Waals surface area contributed by atoms with E-state index in [-0.39, 0.29) is 22.6 Å². The molecule has 0 spiro atoms. The van der Waals surface area contributed by atoms with Crippen molar-refractivity contribution < 1.29 is 8.78 Å². The summed E-state index contributed by atoms with van der Waals surface area (Å²) in [5, 5.41) is 27.9. The zero-order chi connectivity index (χ0) is 18.6. The van der Waals surface area contributed by atoms with E-state index in [9.17, 15) is 18.4 Å². The fourth-order valence-electron chi connectivity index (χ4n) is 1.81. The Hall–Kier alpha value is -3.12. The van der Waals surface area contributed by atoms with E-state index in [0.717, 1.165) is 0 Å². The molecule has 0 radical (unpaired) electrons. The molecule has 0 aliphatic carbocycles. The van der Waals surface area contributed by atoms with E-state index < -0.39 is 24.6 Å². The van der Waals surface area contributed by atoms with Gasteiger partial charge in [0, 0.05) is 6.07 Å². The molecule has 1 aliphatic heterocycles. The highest BCUT2D eigenvalue weighted by molar-refractivity contribution is 9.10. The van der Waals surface area contributed by atoms with Crippen LogP contribution in [0.1, 0.15) is 11.4 Å². The molecule has 2 N–H and O–H groups in total. The standard InChI is InChI=1S/C8H6F2N4O.C5H2BrN3O/c9-8(10)3-14(4-8)6-1-5(2-11)12-13-7(6)15;6-4-1-3(2-7)8-9-5(4)10/h1H,3-4H2,(H,13,15);1H,(H,9,10). The third kappa shape index (κ3) is 4.45. The van der Waals surface area contributed by atoms with Gasteiger partial charge in [-0.2, -0.15) is 20.7 Å². The van der Waals surface area contributed by atoms with Crippen LogP contribution in [0.4, 0.5) is 14.5 Å². The number of rotatable bonds is 1. The van der Waals surface area contributed by atoms with E-state index in [1.165, 1.54) is 17.0 Å². The van der Waals surface area contributed by atoms with Crippen LogP contribution in [0.3, 0.4) is 0 Å². The maximum atomic E-state index is 12.6. The summed E-state index contributed by atoms with van der Waals surface area (Å²) in [6.45, 7) is -0.990. The van der Waals surface area contributed by atoms with Crippen LogP contribution >= 0.6 is 15.9 Å². The van der Waals surface area contributed by atoms with E-state index in [1.54, 1.807) is 12.1 Å². The fraction of sp³-hybridized carbons (Fsp3) is 0.231. The molecule has 0 atom stereocenters. The monoisotopic (exact) mass is 411 g/mol. The summed E-state index contributed by atoms with van der Waals surface area (Å²) in [6, 6.07) is 6.07. The van der Waals surface area contributed by atoms with E-state index >= 15 is 0 Å². The topological polar surface area (TPSA) is 142 Å². The molecule has 2 aromatic heterocycles. The molecule has 25 heavy (non-hydrogen) atoms. The molecule has 2 aromatic rings. The van der Waals surface area contributed by atoms with E-state index in [0.29, 0.717) is 4.47 Å². The van der Waals surface area contributed by atoms with Gasteiger partial charge in [-0.3, -0.25) is 9.59 Å². The lowest BCUT2D eigenvalue weighted by molar-refractivity contribution is -0.0264. The minimum atomic E-state index is -2.75. The van der Waals surface area contributed by atoms with Crippen molar-refractivity contribution in [2.24, 2.45) is 0 Å². The summed E-state index contributed by atoms with van der Waals surface area (Å²) in [4.78, 5) is 23.0. The van der Waals surface area contributed by atoms with Gasteiger partial charge in [-0.25, -0.2) is 19.0 Å². The molecule has 1 fully saturated rings. The molecule has 9 nitrogen and oxygen atoms in total. The zero-order valence-electron chi connectivity index (χ0n) is 12.3. The van der Waals surface area contributed by atoms with Crippen molar-refractivity contribution in [1.82, 2.24) is 20.4 Å². The number of hydrogen-bond acceptors (Lipinski definition) is 7. The van der Waals surface area contributed by atoms with Crippen molar-refractivity contribution in [1.29, 1.82) is 10.5 Å². The molecule has 0 bridgehead atoms. The van der Waals surface area contributed by atoms with E-state index in [2.05, 4.69) is 36.3 Å². The average molecular weight is 412 g/mol. The number of halogens is 3. The molecule has 3 heterocycles. The van der Waals surface area contributed by atoms with Crippen molar-refractivity contribution in [2.75, 3.05) is 18.0 Å². The number of aromatic amines is 2. The molecular formula is C13H8BrF2N7O2. The molecule has 0 saturated carbocycles. The highest BCUT2D eigenvalue weighted by atomic mass is 79.9. The third-order valence-electron chi connectivity index (χ3n) is 2.96. The SMILES string of the molecule is N#Cc1cc(Br)c(=O)[nH]n1.N#Cc1cc(N2CC(F)(F)C2)c(=O)[nH]n1. The van der Waals surface area contributed by atoms with Gasteiger partial charge in [0.15, 0.2) is 11.4 Å². The van der Waals surface area contributed by atoms with Gasteiger partial charge in [0.1, 0.15) is 17.8 Å². The fourth-order valence-corrected chi connectivity index (χ4v) is 2.12. The second kappa shape index (κ2) is 7.19. The third-order valence-corrected chi connectivity index (χ3v) is 3.55. The molecule has 1 saturated heterocycles. The summed E-state index contributed by atoms with van der Waals surface area (Å²) in [6.07, 6.45) is 0. The Kier molecular flexibility index (Phi) is 5.24. The zero-order valence-corrected chi connectivity index (χ0v) is 13.8. The molecule has 128 valence electrons. The van der Waals surface area contributed by atoms with Crippen molar-refractivity contribution in [3.8, 4) is 12.1 Å². The molecule has 12 heteroatoms. The molecule has 0 amide bonds. The maximum absolute atomic E-state index is 12.6. The Morgan fingerprint density at radius 3 is 2.08 bits per heavy atom. The predicted molar refractivity (Wildman–Crippen MR) is 84.0 cm³/mol. The Labute approximate surface area is 146 Å². The quantitative estimate of drug-likeness (QED) is 0.695. The number of alkyl halides is 2. The first kappa shape index (κ1) is 18.2. The van der Waals surface area contributed by atoms with Crippen LogP contribution in [-0.2, 0) is 0 Å². The Bertz CT molecular complexity index is 981. The summed E-state index contributed by atoms with van der Waals surface area (Å²) in [5.74, 6) is -2.75. The van der Waals surface area contributed by atoms with Crippen molar-refractivity contribution in [3.63, 3.8) is 0 Å². The van der Waals surface area contributed by atoms with Crippen LogP contribution in [0.5, 0.6) is 0 Å². The molecular weight excluding hydrogens is 404 g/mol. The van der Waals surface area contributed by atoms with Gasteiger partial charge in [-0.15, -0.1) is 0 Å². The van der Waals surface area contributed by atoms with Crippen LogP contribution in [0.2, 0.25) is 0 Å². The minimum Gasteiger partial charge on any atom is -0.355 e. The smallest absolute Gasteiger partial charge is 0.287 e. The number of nitrogens with zero attached hydrogens (tertiary/aromatic N) is 5. The molecule has 0 aromatic carbocycles. The van der Waals surface area contributed by atoms with Crippen LogP contribution in [0.15, 0.2) is 26.2 Å². The molecule has 1 aliphatic rings. The number of nitrogens with one attached hydrogen (secondary N) is 2. The first-order chi connectivity index (χ1) is 11.8. The summed E-state index contributed by atoms with van der Waals surface area (Å²) < 4.78 is 25.4. The van der Waals surface area contributed by atoms with Crippen LogP contribution < -0.4 is 16.0 Å². The molecule has 3 rings (SSSR count). The van der Waals surface area contributed by atoms with Gasteiger partial charge in [0.2, 0.25) is 0 Å². The van der Waals surface area contributed by atoms with Crippen LogP contribution in [0, 0.1) is 22.7 Å². The second-order valence-corrected chi connectivity index (χ2v) is 5.69. The largest absolute Gasteiger partial charge is 0.355 e.